The predicted octanol–water partition coefficient (Wildman–Crippen LogP) is 5.18. The highest BCUT2D eigenvalue weighted by Gasteiger charge is 2.27. The molecule has 1 fully saturated rings. The molecule has 1 saturated heterocycles. The monoisotopic (exact) mass is 570 g/mol. The molecule has 0 saturated carbocycles. The van der Waals surface area contributed by atoms with E-state index in [0.29, 0.717) is 42.9 Å². The highest BCUT2D eigenvalue weighted by Crippen LogP contribution is 2.47. The fourth-order valence-electron chi connectivity index (χ4n) is 5.13. The summed E-state index contributed by atoms with van der Waals surface area (Å²) < 4.78 is 24.6. The summed E-state index contributed by atoms with van der Waals surface area (Å²) in [5, 5.41) is 15.7. The molecule has 2 aromatic carbocycles. The maximum Gasteiger partial charge on any atom is 0.303 e. The third-order valence-corrected chi connectivity index (χ3v) is 9.41. The summed E-state index contributed by atoms with van der Waals surface area (Å²) >= 11 is 0. The van der Waals surface area contributed by atoms with E-state index in [2.05, 4.69) is 10.6 Å². The number of aryl methyl sites for hydroxylation is 2. The lowest BCUT2D eigenvalue weighted by Gasteiger charge is -2.46. The van der Waals surface area contributed by atoms with E-state index in [1.165, 1.54) is 0 Å². The number of carboxylic acid groups (broad SMARTS) is 1. The predicted molar refractivity (Wildman–Crippen MR) is 158 cm³/mol. The number of aliphatic carboxylic acids is 1. The molecular formula is C29H38N4O6S. The van der Waals surface area contributed by atoms with E-state index >= 15 is 0 Å². The first-order chi connectivity index (χ1) is 19.0. The molecule has 4 rings (SSSR count). The van der Waals surface area contributed by atoms with Crippen LogP contribution in [-0.4, -0.2) is 60.2 Å². The number of fused-ring (bicyclic) bond motifs is 1. The van der Waals surface area contributed by atoms with E-state index in [4.69, 9.17) is 5.11 Å². The molecule has 2 heterocycles. The number of rotatable bonds is 10. The number of benzene rings is 2. The zero-order chi connectivity index (χ0) is 29.0. The van der Waals surface area contributed by atoms with E-state index < -0.39 is 22.8 Å². The Morgan fingerprint density at radius 1 is 1.10 bits per heavy atom. The lowest BCUT2D eigenvalue weighted by Crippen LogP contribution is -2.33. The summed E-state index contributed by atoms with van der Waals surface area (Å²) in [6.07, 6.45) is 4.46. The van der Waals surface area contributed by atoms with Gasteiger partial charge in [-0.2, -0.15) is 0 Å². The van der Waals surface area contributed by atoms with Crippen LogP contribution in [0.4, 0.5) is 5.69 Å². The van der Waals surface area contributed by atoms with Gasteiger partial charge in [-0.3, -0.25) is 23.5 Å². The molecule has 10 nitrogen and oxygen atoms in total. The highest BCUT2D eigenvalue weighted by atomic mass is 32.3. The van der Waals surface area contributed by atoms with Crippen molar-refractivity contribution in [2.75, 3.05) is 24.7 Å². The van der Waals surface area contributed by atoms with Gasteiger partial charge < -0.3 is 20.3 Å². The fourth-order valence-corrected chi connectivity index (χ4v) is 6.75. The standard InChI is InChI=1S/C29H38N4O6S/c1-19-17-33(26-16-23(29(37)30-3)11-12-24(19)26)20(2)28(36)31-25-15-21(9-10-22(25)7-6-8-27(34)35)18-32-13-4-5-14-40(32,38)39/h9-12,15-17,20,38-39H,4-8,13-14,18H2,1-3H3,(H,30,37)(H,31,36)(H,34,35). The van der Waals surface area contributed by atoms with Crippen molar-refractivity contribution in [2.45, 2.75) is 58.5 Å². The molecule has 1 aliphatic rings. The van der Waals surface area contributed by atoms with Gasteiger partial charge in [0, 0.05) is 54.9 Å². The smallest absolute Gasteiger partial charge is 0.303 e. The normalized spacial score (nSPS) is 16.8. The summed E-state index contributed by atoms with van der Waals surface area (Å²) in [4.78, 5) is 36.9. The fraction of sp³-hybridized carbons (Fsp3) is 0.414. The van der Waals surface area contributed by atoms with Crippen molar-refractivity contribution in [1.82, 2.24) is 14.2 Å². The molecule has 216 valence electrons. The Hall–Kier alpha value is -3.38. The van der Waals surface area contributed by atoms with Crippen LogP contribution in [0.3, 0.4) is 0 Å². The van der Waals surface area contributed by atoms with Crippen LogP contribution < -0.4 is 10.6 Å². The molecule has 1 aromatic heterocycles. The lowest BCUT2D eigenvalue weighted by atomic mass is 10.0. The number of carbonyl (C=O) groups is 3. The Bertz CT molecular complexity index is 1420. The van der Waals surface area contributed by atoms with Crippen molar-refractivity contribution < 1.29 is 28.6 Å². The van der Waals surface area contributed by atoms with Gasteiger partial charge in [-0.15, -0.1) is 10.8 Å². The molecule has 0 spiro atoms. The minimum atomic E-state index is -2.82. The molecule has 0 aliphatic carbocycles. The molecule has 3 aromatic rings. The van der Waals surface area contributed by atoms with Gasteiger partial charge in [0.05, 0.1) is 5.75 Å². The molecule has 0 radical (unpaired) electrons. The minimum absolute atomic E-state index is 0.0164. The van der Waals surface area contributed by atoms with Crippen LogP contribution in [-0.2, 0) is 22.6 Å². The average molecular weight is 571 g/mol. The number of hydrogen-bond acceptors (Lipinski definition) is 6. The zero-order valence-electron chi connectivity index (χ0n) is 23.1. The number of carbonyl (C=O) groups excluding carboxylic acids is 2. The summed E-state index contributed by atoms with van der Waals surface area (Å²) in [7, 11) is -1.25. The molecule has 40 heavy (non-hydrogen) atoms. The summed E-state index contributed by atoms with van der Waals surface area (Å²) in [5.41, 5.74) is 4.46. The average Bonchev–Trinajstić information content (AvgIpc) is 3.25. The Kier molecular flexibility index (Phi) is 9.19. The third-order valence-electron chi connectivity index (χ3n) is 7.44. The number of aromatic nitrogens is 1. The number of amides is 2. The lowest BCUT2D eigenvalue weighted by molar-refractivity contribution is -0.137. The van der Waals surface area contributed by atoms with Crippen molar-refractivity contribution in [2.24, 2.45) is 0 Å². The molecule has 1 aliphatic heterocycles. The molecule has 2 amide bonds. The van der Waals surface area contributed by atoms with Crippen LogP contribution >= 0.6 is 10.8 Å². The van der Waals surface area contributed by atoms with Crippen LogP contribution in [0.15, 0.2) is 42.6 Å². The van der Waals surface area contributed by atoms with Gasteiger partial charge in [-0.1, -0.05) is 18.2 Å². The second-order valence-electron chi connectivity index (χ2n) is 10.3. The Labute approximate surface area is 235 Å². The van der Waals surface area contributed by atoms with E-state index in [9.17, 15) is 23.5 Å². The van der Waals surface area contributed by atoms with Crippen LogP contribution in [0.2, 0.25) is 0 Å². The Morgan fingerprint density at radius 2 is 1.88 bits per heavy atom. The molecule has 1 atom stereocenters. The van der Waals surface area contributed by atoms with Gasteiger partial charge in [0.2, 0.25) is 5.91 Å². The molecule has 1 unspecified atom stereocenters. The van der Waals surface area contributed by atoms with E-state index in [1.807, 2.05) is 42.0 Å². The number of carboxylic acids is 1. The summed E-state index contributed by atoms with van der Waals surface area (Å²) in [5.74, 6) is -0.997. The van der Waals surface area contributed by atoms with Crippen LogP contribution in [0.25, 0.3) is 10.9 Å². The van der Waals surface area contributed by atoms with Gasteiger partial charge in [-0.25, -0.2) is 4.31 Å². The molecule has 5 N–H and O–H groups in total. The first-order valence-electron chi connectivity index (χ1n) is 13.5. The van der Waals surface area contributed by atoms with Crippen molar-refractivity contribution in [3.05, 3.63) is 64.8 Å². The zero-order valence-corrected chi connectivity index (χ0v) is 24.0. The van der Waals surface area contributed by atoms with E-state index in [0.717, 1.165) is 40.4 Å². The van der Waals surface area contributed by atoms with Gasteiger partial charge in [0.25, 0.3) is 5.91 Å². The van der Waals surface area contributed by atoms with Gasteiger partial charge >= 0.3 is 5.97 Å². The van der Waals surface area contributed by atoms with Gasteiger partial charge in [-0.05, 0) is 74.4 Å². The first-order valence-corrected chi connectivity index (χ1v) is 15.2. The van der Waals surface area contributed by atoms with Crippen LogP contribution in [0.5, 0.6) is 0 Å². The highest BCUT2D eigenvalue weighted by molar-refractivity contribution is 8.22. The van der Waals surface area contributed by atoms with E-state index in [-0.39, 0.29) is 18.2 Å². The maximum absolute atomic E-state index is 13.6. The Balaban J connectivity index is 1.61. The number of anilines is 1. The quantitative estimate of drug-likeness (QED) is 0.226. The summed E-state index contributed by atoms with van der Waals surface area (Å²) in [6.45, 7) is 4.66. The first kappa shape index (κ1) is 29.6. The number of nitrogens with zero attached hydrogens (tertiary/aromatic N) is 2. The number of hydrogen-bond donors (Lipinski definition) is 5. The minimum Gasteiger partial charge on any atom is -0.481 e. The van der Waals surface area contributed by atoms with Crippen LogP contribution in [0, 0.1) is 6.92 Å². The third kappa shape index (κ3) is 6.67. The number of nitrogens with one attached hydrogen (secondary N) is 2. The van der Waals surface area contributed by atoms with Crippen molar-refractivity contribution in [3.63, 3.8) is 0 Å². The molecular weight excluding hydrogens is 532 g/mol. The van der Waals surface area contributed by atoms with Gasteiger partial charge in [0.15, 0.2) is 0 Å². The summed E-state index contributed by atoms with van der Waals surface area (Å²) in [6, 6.07) is 10.4. The van der Waals surface area contributed by atoms with Crippen molar-refractivity contribution in [1.29, 1.82) is 0 Å². The molecule has 11 heteroatoms. The topological polar surface area (TPSA) is 144 Å². The SMILES string of the molecule is CNC(=O)c1ccc2c(C)cn(C(C)C(=O)Nc3cc(CN4CCCCS4(O)O)ccc3CCCC(=O)O)c2c1. The Morgan fingerprint density at radius 3 is 2.58 bits per heavy atom. The second-order valence-corrected chi connectivity index (χ2v) is 12.5. The van der Waals surface area contributed by atoms with Gasteiger partial charge in [0.1, 0.15) is 6.04 Å². The second kappa shape index (κ2) is 12.4. The van der Waals surface area contributed by atoms with E-state index in [1.54, 1.807) is 30.4 Å². The van der Waals surface area contributed by atoms with Crippen LogP contribution in [0.1, 0.15) is 65.7 Å². The maximum atomic E-state index is 13.6. The van der Waals surface area contributed by atoms with Crippen molar-refractivity contribution >= 4 is 45.1 Å². The van der Waals surface area contributed by atoms with Crippen molar-refractivity contribution in [3.8, 4) is 0 Å². The largest absolute Gasteiger partial charge is 0.481 e. The molecule has 0 bridgehead atoms.